The van der Waals surface area contributed by atoms with Crippen molar-refractivity contribution in [1.82, 2.24) is 0 Å². The molecule has 0 amide bonds. The van der Waals surface area contributed by atoms with Crippen molar-refractivity contribution < 1.29 is 9.53 Å². The Morgan fingerprint density at radius 1 is 1.17 bits per heavy atom. The van der Waals surface area contributed by atoms with Crippen molar-refractivity contribution in [2.75, 3.05) is 5.33 Å². The molecule has 0 fully saturated rings. The summed E-state index contributed by atoms with van der Waals surface area (Å²) >= 11 is 3.18. The van der Waals surface area contributed by atoms with E-state index in [4.69, 9.17) is 4.74 Å². The molecule has 0 saturated carbocycles. The Morgan fingerprint density at radius 3 is 2.50 bits per heavy atom. The van der Waals surface area contributed by atoms with Gasteiger partial charge in [-0.2, -0.15) is 0 Å². The molecule has 0 aliphatic heterocycles. The number of alkyl halides is 1. The van der Waals surface area contributed by atoms with E-state index < -0.39 is 0 Å². The number of hydrogen-bond donors (Lipinski definition) is 0. The highest BCUT2D eigenvalue weighted by molar-refractivity contribution is 9.09. The van der Waals surface area contributed by atoms with E-state index in [1.165, 1.54) is 0 Å². The Balaban J connectivity index is 2.39. The lowest BCUT2D eigenvalue weighted by Gasteiger charge is -2.10. The van der Waals surface area contributed by atoms with Gasteiger partial charge in [0.05, 0.1) is 11.4 Å². The molecule has 2 aromatic carbocycles. The molecule has 3 heteroatoms. The molecule has 94 valence electrons. The molecule has 0 N–H and O–H groups in total. The number of halogens is 1. The second-order valence-corrected chi connectivity index (χ2v) is 5.01. The molecule has 0 heterocycles. The van der Waals surface area contributed by atoms with E-state index in [1.807, 2.05) is 50.2 Å². The highest BCUT2D eigenvalue weighted by atomic mass is 79.9. The van der Waals surface area contributed by atoms with Crippen molar-refractivity contribution >= 4 is 32.5 Å². The van der Waals surface area contributed by atoms with Crippen molar-refractivity contribution in [2.45, 2.75) is 20.0 Å². The van der Waals surface area contributed by atoms with Crippen LogP contribution in [0.4, 0.5) is 0 Å². The third-order valence-corrected chi connectivity index (χ3v) is 3.14. The van der Waals surface area contributed by atoms with Crippen molar-refractivity contribution in [3.8, 4) is 5.75 Å². The zero-order chi connectivity index (χ0) is 13.1. The summed E-state index contributed by atoms with van der Waals surface area (Å²) < 4.78 is 5.65. The number of ketones is 1. The zero-order valence-electron chi connectivity index (χ0n) is 10.4. The third kappa shape index (κ3) is 2.91. The predicted molar refractivity (Wildman–Crippen MR) is 77.8 cm³/mol. The number of carbonyl (C=O) groups excluding carboxylic acids is 1. The molecule has 0 bridgehead atoms. The zero-order valence-corrected chi connectivity index (χ0v) is 12.0. The van der Waals surface area contributed by atoms with Gasteiger partial charge in [-0.1, -0.05) is 34.1 Å². The van der Waals surface area contributed by atoms with E-state index in [2.05, 4.69) is 15.9 Å². The first-order chi connectivity index (χ1) is 8.60. The molecule has 0 aliphatic rings. The summed E-state index contributed by atoms with van der Waals surface area (Å²) in [5, 5.41) is 2.49. The van der Waals surface area contributed by atoms with Gasteiger partial charge >= 0.3 is 0 Å². The van der Waals surface area contributed by atoms with Gasteiger partial charge < -0.3 is 4.74 Å². The topological polar surface area (TPSA) is 26.3 Å². The van der Waals surface area contributed by atoms with E-state index in [9.17, 15) is 4.79 Å². The molecule has 18 heavy (non-hydrogen) atoms. The summed E-state index contributed by atoms with van der Waals surface area (Å²) in [4.78, 5) is 11.6. The average molecular weight is 307 g/mol. The molecular formula is C15H15BrO2. The van der Waals surface area contributed by atoms with Crippen LogP contribution in [-0.2, 0) is 0 Å². The molecule has 0 aliphatic carbocycles. The largest absolute Gasteiger partial charge is 0.491 e. The van der Waals surface area contributed by atoms with Crippen molar-refractivity contribution in [2.24, 2.45) is 0 Å². The lowest BCUT2D eigenvalue weighted by atomic mass is 10.0. The van der Waals surface area contributed by atoms with Gasteiger partial charge in [0.1, 0.15) is 5.75 Å². The van der Waals surface area contributed by atoms with Crippen LogP contribution in [-0.4, -0.2) is 17.2 Å². The number of carbonyl (C=O) groups is 1. The SMILES string of the molecule is CC(C)Oc1ccc2cc(C(=O)CBr)ccc2c1. The molecule has 2 rings (SSSR count). The van der Waals surface area contributed by atoms with Gasteiger partial charge in [0.25, 0.3) is 0 Å². The molecule has 0 radical (unpaired) electrons. The van der Waals surface area contributed by atoms with Crippen LogP contribution < -0.4 is 4.74 Å². The first-order valence-electron chi connectivity index (χ1n) is 5.90. The second kappa shape index (κ2) is 5.53. The van der Waals surface area contributed by atoms with Crippen LogP contribution in [0.25, 0.3) is 10.8 Å². The first-order valence-corrected chi connectivity index (χ1v) is 7.02. The summed E-state index contributed by atoms with van der Waals surface area (Å²) in [6, 6.07) is 11.6. The van der Waals surface area contributed by atoms with Crippen molar-refractivity contribution in [3.05, 3.63) is 42.0 Å². The minimum absolute atomic E-state index is 0.0967. The van der Waals surface area contributed by atoms with E-state index in [0.29, 0.717) is 5.33 Å². The lowest BCUT2D eigenvalue weighted by molar-refractivity contribution is 0.102. The fourth-order valence-electron chi connectivity index (χ4n) is 1.82. The normalized spacial score (nSPS) is 10.9. The smallest absolute Gasteiger partial charge is 0.173 e. The predicted octanol–water partition coefficient (Wildman–Crippen LogP) is 4.20. The van der Waals surface area contributed by atoms with Gasteiger partial charge in [-0.05, 0) is 42.8 Å². The van der Waals surface area contributed by atoms with E-state index in [-0.39, 0.29) is 11.9 Å². The van der Waals surface area contributed by atoms with Crippen LogP contribution >= 0.6 is 15.9 Å². The molecule has 0 spiro atoms. The summed E-state index contributed by atoms with van der Waals surface area (Å²) in [5.41, 5.74) is 0.733. The highest BCUT2D eigenvalue weighted by Crippen LogP contribution is 2.23. The Hall–Kier alpha value is -1.35. The van der Waals surface area contributed by atoms with Gasteiger partial charge in [-0.25, -0.2) is 0 Å². The second-order valence-electron chi connectivity index (χ2n) is 4.45. The number of benzene rings is 2. The van der Waals surface area contributed by atoms with Crippen LogP contribution in [0, 0.1) is 0 Å². The summed E-state index contributed by atoms with van der Waals surface area (Å²) in [7, 11) is 0. The highest BCUT2D eigenvalue weighted by Gasteiger charge is 2.05. The van der Waals surface area contributed by atoms with Gasteiger partial charge in [-0.15, -0.1) is 0 Å². The molecule has 0 unspecified atom stereocenters. The Kier molecular flexibility index (Phi) is 4.02. The molecule has 0 saturated heterocycles. The maximum Gasteiger partial charge on any atom is 0.173 e. The third-order valence-electron chi connectivity index (χ3n) is 2.63. The van der Waals surface area contributed by atoms with Crippen LogP contribution in [0.15, 0.2) is 36.4 Å². The first kappa shape index (κ1) is 13.1. The quantitative estimate of drug-likeness (QED) is 0.625. The molecular weight excluding hydrogens is 292 g/mol. The molecule has 2 nitrogen and oxygen atoms in total. The van der Waals surface area contributed by atoms with Gasteiger partial charge in [0.15, 0.2) is 5.78 Å². The summed E-state index contributed by atoms with van der Waals surface area (Å²) in [5.74, 6) is 0.955. The minimum Gasteiger partial charge on any atom is -0.491 e. The van der Waals surface area contributed by atoms with Crippen molar-refractivity contribution in [1.29, 1.82) is 0 Å². The van der Waals surface area contributed by atoms with Gasteiger partial charge in [0.2, 0.25) is 0 Å². The van der Waals surface area contributed by atoms with Crippen LogP contribution in [0.1, 0.15) is 24.2 Å². The monoisotopic (exact) mass is 306 g/mol. The van der Waals surface area contributed by atoms with Gasteiger partial charge in [0, 0.05) is 5.56 Å². The number of fused-ring (bicyclic) bond motifs is 1. The maximum atomic E-state index is 11.6. The molecule has 2 aromatic rings. The van der Waals surface area contributed by atoms with Crippen LogP contribution in [0.3, 0.4) is 0 Å². The van der Waals surface area contributed by atoms with E-state index in [1.54, 1.807) is 0 Å². The number of ether oxygens (including phenoxy) is 1. The maximum absolute atomic E-state index is 11.6. The van der Waals surface area contributed by atoms with E-state index >= 15 is 0 Å². The Bertz CT molecular complexity index is 576. The number of hydrogen-bond acceptors (Lipinski definition) is 2. The Labute approximate surface area is 115 Å². The fraction of sp³-hybridized carbons (Fsp3) is 0.267. The van der Waals surface area contributed by atoms with E-state index in [0.717, 1.165) is 22.1 Å². The average Bonchev–Trinajstić information content (AvgIpc) is 2.36. The lowest BCUT2D eigenvalue weighted by Crippen LogP contribution is -2.05. The Morgan fingerprint density at radius 2 is 1.83 bits per heavy atom. The fourth-order valence-corrected chi connectivity index (χ4v) is 2.14. The summed E-state index contributed by atoms with van der Waals surface area (Å²) in [6.07, 6.45) is 0.164. The standard InChI is InChI=1S/C15H15BrO2/c1-10(2)18-14-6-5-11-7-13(15(17)9-16)4-3-12(11)8-14/h3-8,10H,9H2,1-2H3. The summed E-state index contributed by atoms with van der Waals surface area (Å²) in [6.45, 7) is 4.00. The van der Waals surface area contributed by atoms with Gasteiger partial charge in [-0.3, -0.25) is 4.79 Å². The number of rotatable bonds is 4. The number of Topliss-reactive ketones (excluding diaryl/α,β-unsaturated/α-hetero) is 1. The minimum atomic E-state index is 0.0967. The van der Waals surface area contributed by atoms with Crippen LogP contribution in [0.5, 0.6) is 5.75 Å². The van der Waals surface area contributed by atoms with Crippen LogP contribution in [0.2, 0.25) is 0 Å². The molecule has 0 atom stereocenters. The van der Waals surface area contributed by atoms with Crippen molar-refractivity contribution in [3.63, 3.8) is 0 Å². The molecule has 0 aromatic heterocycles.